The van der Waals surface area contributed by atoms with Gasteiger partial charge in [0, 0.05) is 5.39 Å². The fraction of sp³-hybridized carbons (Fsp3) is 0. The predicted molar refractivity (Wildman–Crippen MR) is 126 cm³/mol. The molecular weight excluding hydrogens is 519 g/mol. The molecule has 4 aromatic rings. The monoisotopic (exact) mass is 535 g/mol. The largest absolute Gasteiger partial charge is 1.00 e. The standard InChI is InChI=1S/C22H16N4O7S2.Na/c27-22-19-4-2-1-3-14(19)13-20(35(31,32)33)21(22)26-25-16-7-5-15(6-8-16)23-24-17-9-11-18(12-10-17)34(28,29)30;/h1-13,27H,(H,28,29,30)(H,31,32,33);/q;+1. The number of phenols is 1. The average molecular weight is 536 g/mol. The van der Waals surface area contributed by atoms with E-state index in [2.05, 4.69) is 20.5 Å². The Morgan fingerprint density at radius 3 is 1.58 bits per heavy atom. The van der Waals surface area contributed by atoms with Crippen LogP contribution in [0.15, 0.2) is 109 Å². The van der Waals surface area contributed by atoms with Gasteiger partial charge in [-0.3, -0.25) is 9.11 Å². The molecule has 4 aromatic carbocycles. The molecule has 0 aromatic heterocycles. The summed E-state index contributed by atoms with van der Waals surface area (Å²) < 4.78 is 64.4. The van der Waals surface area contributed by atoms with Crippen LogP contribution in [0, 0.1) is 0 Å². The van der Waals surface area contributed by atoms with Crippen molar-refractivity contribution >= 4 is 53.8 Å². The Hall–Kier alpha value is -3.04. The van der Waals surface area contributed by atoms with E-state index in [4.69, 9.17) is 4.55 Å². The molecule has 178 valence electrons. The van der Waals surface area contributed by atoms with Crippen molar-refractivity contribution in [2.24, 2.45) is 20.5 Å². The first-order chi connectivity index (χ1) is 16.5. The molecule has 36 heavy (non-hydrogen) atoms. The maximum atomic E-state index is 11.8. The fourth-order valence-corrected chi connectivity index (χ4v) is 4.22. The van der Waals surface area contributed by atoms with E-state index in [1.54, 1.807) is 36.4 Å². The number of phenolic OH excluding ortho intramolecular Hbond substituents is 1. The van der Waals surface area contributed by atoms with Crippen molar-refractivity contribution in [3.63, 3.8) is 0 Å². The molecule has 0 saturated carbocycles. The second-order valence-corrected chi connectivity index (χ2v) is 9.96. The molecule has 0 aliphatic carbocycles. The molecule has 11 nitrogen and oxygen atoms in total. The summed E-state index contributed by atoms with van der Waals surface area (Å²) in [6.07, 6.45) is 0. The molecule has 0 saturated heterocycles. The Labute approximate surface area is 228 Å². The molecule has 3 N–H and O–H groups in total. The quantitative estimate of drug-likeness (QED) is 0.193. The Morgan fingerprint density at radius 1 is 0.611 bits per heavy atom. The number of rotatable bonds is 6. The zero-order chi connectivity index (χ0) is 25.2. The Morgan fingerprint density at radius 2 is 1.08 bits per heavy atom. The van der Waals surface area contributed by atoms with Crippen LogP contribution in [0.4, 0.5) is 22.7 Å². The summed E-state index contributed by atoms with van der Waals surface area (Å²) in [6.45, 7) is 0. The van der Waals surface area contributed by atoms with Crippen molar-refractivity contribution in [1.82, 2.24) is 0 Å². The molecule has 0 atom stereocenters. The summed E-state index contributed by atoms with van der Waals surface area (Å²) in [7, 11) is -8.99. The summed E-state index contributed by atoms with van der Waals surface area (Å²) in [5.41, 5.74) is 0.680. The zero-order valence-corrected chi connectivity index (χ0v) is 22.2. The van der Waals surface area contributed by atoms with E-state index in [-0.39, 0.29) is 34.5 Å². The van der Waals surface area contributed by atoms with Gasteiger partial charge in [0.1, 0.15) is 10.6 Å². The predicted octanol–water partition coefficient (Wildman–Crippen LogP) is 2.87. The van der Waals surface area contributed by atoms with Crippen molar-refractivity contribution in [3.8, 4) is 5.75 Å². The third-order valence-corrected chi connectivity index (χ3v) is 6.50. The third kappa shape index (κ3) is 6.39. The molecule has 0 radical (unpaired) electrons. The van der Waals surface area contributed by atoms with Crippen LogP contribution in [0.5, 0.6) is 5.75 Å². The minimum absolute atomic E-state index is 0. The number of nitrogens with zero attached hydrogens (tertiary/aromatic N) is 4. The van der Waals surface area contributed by atoms with Crippen LogP contribution in [0.2, 0.25) is 0 Å². The van der Waals surface area contributed by atoms with Gasteiger partial charge in [0.05, 0.1) is 22.0 Å². The van der Waals surface area contributed by atoms with Crippen molar-refractivity contribution in [1.29, 1.82) is 0 Å². The number of hydrogen-bond donors (Lipinski definition) is 3. The van der Waals surface area contributed by atoms with Gasteiger partial charge in [-0.05, 0) is 60.0 Å². The molecule has 4 rings (SSSR count). The summed E-state index contributed by atoms with van der Waals surface area (Å²) >= 11 is 0. The van der Waals surface area contributed by atoms with E-state index >= 15 is 0 Å². The molecule has 0 spiro atoms. The van der Waals surface area contributed by atoms with Gasteiger partial charge in [0.15, 0.2) is 5.75 Å². The molecule has 0 aliphatic rings. The normalized spacial score (nSPS) is 12.3. The Bertz CT molecular complexity index is 1690. The van der Waals surface area contributed by atoms with Crippen LogP contribution in [-0.2, 0) is 20.2 Å². The van der Waals surface area contributed by atoms with Crippen molar-refractivity contribution < 1.29 is 60.6 Å². The molecule has 0 aliphatic heterocycles. The second kappa shape index (κ2) is 10.9. The summed E-state index contributed by atoms with van der Waals surface area (Å²) in [4.78, 5) is -0.844. The topological polar surface area (TPSA) is 178 Å². The van der Waals surface area contributed by atoms with Crippen LogP contribution in [0.25, 0.3) is 10.8 Å². The van der Waals surface area contributed by atoms with Crippen LogP contribution >= 0.6 is 0 Å². The number of hydrogen-bond acceptors (Lipinski definition) is 9. The summed E-state index contributed by atoms with van der Waals surface area (Å²) in [6, 6.07) is 18.9. The van der Waals surface area contributed by atoms with Gasteiger partial charge in [0.25, 0.3) is 20.2 Å². The van der Waals surface area contributed by atoms with Crippen molar-refractivity contribution in [2.75, 3.05) is 0 Å². The minimum atomic E-state index is -4.69. The second-order valence-electron chi connectivity index (χ2n) is 7.15. The first-order valence-electron chi connectivity index (χ1n) is 9.76. The average Bonchev–Trinajstić information content (AvgIpc) is 2.82. The minimum Gasteiger partial charge on any atom is -0.505 e. The maximum Gasteiger partial charge on any atom is 1.00 e. The number of fused-ring (bicyclic) bond motifs is 1. The number of aromatic hydroxyl groups is 1. The van der Waals surface area contributed by atoms with Gasteiger partial charge >= 0.3 is 29.6 Å². The molecule has 14 heteroatoms. The first-order valence-corrected chi connectivity index (χ1v) is 12.6. The Balaban J connectivity index is 0.00000361. The van der Waals surface area contributed by atoms with E-state index in [0.29, 0.717) is 27.8 Å². The van der Waals surface area contributed by atoms with Gasteiger partial charge in [-0.2, -0.15) is 32.2 Å². The van der Waals surface area contributed by atoms with E-state index < -0.39 is 36.6 Å². The van der Waals surface area contributed by atoms with Crippen LogP contribution in [0.3, 0.4) is 0 Å². The van der Waals surface area contributed by atoms with Gasteiger partial charge in [0.2, 0.25) is 0 Å². The SMILES string of the molecule is O=S(=O)(O)c1ccc(N=Nc2ccc(N=Nc3c(S(=O)(=O)O)cc4ccccc4c3O)cc2)cc1.[Na+]. The number of azo groups is 2. The fourth-order valence-electron chi connectivity index (χ4n) is 3.08. The maximum absolute atomic E-state index is 11.8. The van der Waals surface area contributed by atoms with Gasteiger partial charge in [-0.15, -0.1) is 5.11 Å². The first kappa shape index (κ1) is 27.5. The van der Waals surface area contributed by atoms with Crippen LogP contribution in [-0.4, -0.2) is 31.0 Å². The molecule has 0 fully saturated rings. The molecule has 0 unspecified atom stereocenters. The van der Waals surface area contributed by atoms with Crippen molar-refractivity contribution in [2.45, 2.75) is 9.79 Å². The smallest absolute Gasteiger partial charge is 0.505 e. The molecular formula is C22H16N4NaO7S2+. The van der Waals surface area contributed by atoms with E-state index in [0.717, 1.165) is 0 Å². The van der Waals surface area contributed by atoms with E-state index in [1.165, 1.54) is 42.5 Å². The van der Waals surface area contributed by atoms with Gasteiger partial charge in [-0.25, -0.2) is 0 Å². The van der Waals surface area contributed by atoms with Gasteiger partial charge in [-0.1, -0.05) is 24.3 Å². The Kier molecular flexibility index (Phi) is 8.36. The zero-order valence-electron chi connectivity index (χ0n) is 18.6. The molecule has 0 amide bonds. The molecule has 0 heterocycles. The van der Waals surface area contributed by atoms with E-state index in [1.807, 2.05) is 0 Å². The third-order valence-electron chi connectivity index (χ3n) is 4.77. The number of benzene rings is 4. The van der Waals surface area contributed by atoms with Crippen molar-refractivity contribution in [3.05, 3.63) is 78.9 Å². The molecule has 0 bridgehead atoms. The van der Waals surface area contributed by atoms with Crippen LogP contribution in [0.1, 0.15) is 0 Å². The van der Waals surface area contributed by atoms with Gasteiger partial charge < -0.3 is 5.11 Å². The summed E-state index contributed by atoms with van der Waals surface area (Å²) in [5, 5.41) is 27.1. The van der Waals surface area contributed by atoms with E-state index in [9.17, 15) is 26.5 Å². The van der Waals surface area contributed by atoms with Crippen LogP contribution < -0.4 is 29.6 Å². The summed E-state index contributed by atoms with van der Waals surface area (Å²) in [5.74, 6) is -0.440.